The van der Waals surface area contributed by atoms with Gasteiger partial charge >= 0.3 is 5.97 Å². The van der Waals surface area contributed by atoms with Gasteiger partial charge in [0.1, 0.15) is 0 Å². The molecule has 22 heavy (non-hydrogen) atoms. The number of amides is 1. The second-order valence-corrected chi connectivity index (χ2v) is 5.64. The van der Waals surface area contributed by atoms with Crippen LogP contribution in [0, 0.1) is 5.92 Å². The van der Waals surface area contributed by atoms with Crippen LogP contribution in [0.4, 0.5) is 0 Å². The number of hydrogen-bond donors (Lipinski definition) is 1. The lowest BCUT2D eigenvalue weighted by Crippen LogP contribution is -2.42. The van der Waals surface area contributed by atoms with Gasteiger partial charge in [-0.1, -0.05) is 0 Å². The van der Waals surface area contributed by atoms with Gasteiger partial charge in [-0.25, -0.2) is 0 Å². The highest BCUT2D eigenvalue weighted by molar-refractivity contribution is 5.95. The smallest absolute Gasteiger partial charge is 0.308 e. The molecule has 2 aliphatic heterocycles. The summed E-state index contributed by atoms with van der Waals surface area (Å²) >= 11 is 0. The molecule has 0 aromatic heterocycles. The summed E-state index contributed by atoms with van der Waals surface area (Å²) in [7, 11) is 0. The molecule has 0 unspecified atom stereocenters. The van der Waals surface area contributed by atoms with Gasteiger partial charge in [-0.15, -0.1) is 0 Å². The zero-order valence-corrected chi connectivity index (χ0v) is 12.3. The van der Waals surface area contributed by atoms with Crippen LogP contribution in [0.3, 0.4) is 0 Å². The monoisotopic (exact) mass is 305 g/mol. The van der Waals surface area contributed by atoms with Gasteiger partial charge in [0.25, 0.3) is 5.91 Å². The van der Waals surface area contributed by atoms with Crippen molar-refractivity contribution in [1.82, 2.24) is 4.90 Å². The Morgan fingerprint density at radius 1 is 1.14 bits per heavy atom. The molecule has 1 aromatic carbocycles. The van der Waals surface area contributed by atoms with Crippen LogP contribution >= 0.6 is 0 Å². The maximum Gasteiger partial charge on any atom is 0.308 e. The third-order valence-electron chi connectivity index (χ3n) is 4.05. The third-order valence-corrected chi connectivity index (χ3v) is 4.05. The molecule has 0 spiro atoms. The largest absolute Gasteiger partial charge is 0.490 e. The fourth-order valence-electron chi connectivity index (χ4n) is 2.84. The van der Waals surface area contributed by atoms with Gasteiger partial charge in [-0.2, -0.15) is 0 Å². The average Bonchev–Trinajstić information content (AvgIpc) is 2.78. The van der Waals surface area contributed by atoms with E-state index in [4.69, 9.17) is 14.6 Å². The Bertz CT molecular complexity index is 586. The minimum absolute atomic E-state index is 0.151. The van der Waals surface area contributed by atoms with Crippen LogP contribution < -0.4 is 9.47 Å². The number of ether oxygens (including phenoxy) is 2. The topological polar surface area (TPSA) is 76.1 Å². The number of carbonyl (C=O) groups excluding carboxylic acids is 1. The van der Waals surface area contributed by atoms with Crippen molar-refractivity contribution >= 4 is 11.9 Å². The lowest BCUT2D eigenvalue weighted by atomic mass is 9.97. The van der Waals surface area contributed by atoms with E-state index in [1.807, 2.05) is 0 Å². The molecule has 0 aliphatic carbocycles. The van der Waals surface area contributed by atoms with Gasteiger partial charge in [0.2, 0.25) is 0 Å². The van der Waals surface area contributed by atoms with Gasteiger partial charge in [0.15, 0.2) is 11.5 Å². The van der Waals surface area contributed by atoms with Crippen molar-refractivity contribution in [3.63, 3.8) is 0 Å². The van der Waals surface area contributed by atoms with Crippen molar-refractivity contribution < 1.29 is 24.2 Å². The fraction of sp³-hybridized carbons (Fsp3) is 0.500. The van der Waals surface area contributed by atoms with Crippen molar-refractivity contribution in [3.05, 3.63) is 23.8 Å². The quantitative estimate of drug-likeness (QED) is 0.901. The summed E-state index contributed by atoms with van der Waals surface area (Å²) in [4.78, 5) is 25.3. The number of carbonyl (C=O) groups is 2. The molecule has 6 heteroatoms. The normalized spacial score (nSPS) is 21.1. The molecule has 1 N–H and O–H groups in total. The molecule has 6 nitrogen and oxygen atoms in total. The van der Waals surface area contributed by atoms with E-state index in [1.165, 1.54) is 0 Å². The summed E-state index contributed by atoms with van der Waals surface area (Å²) in [5.41, 5.74) is 0.510. The number of carboxylic acids is 1. The molecule has 1 amide bonds. The fourth-order valence-corrected chi connectivity index (χ4v) is 2.84. The molecule has 1 fully saturated rings. The van der Waals surface area contributed by atoms with Crippen LogP contribution in [0.1, 0.15) is 29.6 Å². The second kappa shape index (κ2) is 6.25. The van der Waals surface area contributed by atoms with E-state index in [1.54, 1.807) is 23.1 Å². The first-order chi connectivity index (χ1) is 10.6. The molecule has 118 valence electrons. The predicted molar refractivity (Wildman–Crippen MR) is 78.3 cm³/mol. The number of benzene rings is 1. The van der Waals surface area contributed by atoms with Crippen molar-refractivity contribution in [2.75, 3.05) is 26.3 Å². The van der Waals surface area contributed by atoms with E-state index in [2.05, 4.69) is 0 Å². The van der Waals surface area contributed by atoms with Crippen LogP contribution in [-0.4, -0.2) is 48.2 Å². The molecule has 1 aromatic rings. The molecular formula is C16H19NO5. The highest BCUT2D eigenvalue weighted by Crippen LogP contribution is 2.31. The van der Waals surface area contributed by atoms with Crippen LogP contribution in [-0.2, 0) is 4.79 Å². The van der Waals surface area contributed by atoms with Gasteiger partial charge in [-0.3, -0.25) is 9.59 Å². The second-order valence-electron chi connectivity index (χ2n) is 5.64. The van der Waals surface area contributed by atoms with Crippen molar-refractivity contribution in [3.8, 4) is 11.5 Å². The minimum atomic E-state index is -0.837. The summed E-state index contributed by atoms with van der Waals surface area (Å²) in [5.74, 6) is -0.234. The van der Waals surface area contributed by atoms with E-state index in [9.17, 15) is 9.59 Å². The van der Waals surface area contributed by atoms with Crippen LogP contribution in [0.15, 0.2) is 18.2 Å². The maximum absolute atomic E-state index is 12.6. The molecule has 0 bridgehead atoms. The van der Waals surface area contributed by atoms with Crippen molar-refractivity contribution in [2.24, 2.45) is 5.92 Å². The molecule has 1 saturated heterocycles. The summed E-state index contributed by atoms with van der Waals surface area (Å²) in [6, 6.07) is 5.14. The molecule has 2 heterocycles. The van der Waals surface area contributed by atoms with Gasteiger partial charge in [-0.05, 0) is 31.0 Å². The van der Waals surface area contributed by atoms with Crippen LogP contribution in [0.5, 0.6) is 11.5 Å². The van der Waals surface area contributed by atoms with E-state index >= 15 is 0 Å². The maximum atomic E-state index is 12.6. The number of rotatable bonds is 2. The first kappa shape index (κ1) is 14.7. The minimum Gasteiger partial charge on any atom is -0.490 e. The highest BCUT2D eigenvalue weighted by Gasteiger charge is 2.29. The van der Waals surface area contributed by atoms with Gasteiger partial charge in [0.05, 0.1) is 19.1 Å². The Hall–Kier alpha value is -2.24. The number of likely N-dealkylation sites (tertiary alicyclic amines) is 1. The van der Waals surface area contributed by atoms with E-state index in [0.29, 0.717) is 49.7 Å². The van der Waals surface area contributed by atoms with Crippen LogP contribution in [0.25, 0.3) is 0 Å². The number of aliphatic carboxylic acids is 1. The number of piperidine rings is 1. The average molecular weight is 305 g/mol. The van der Waals surface area contributed by atoms with E-state index in [-0.39, 0.29) is 12.5 Å². The molecule has 2 aliphatic rings. The third kappa shape index (κ3) is 3.00. The number of fused-ring (bicyclic) bond motifs is 1. The molecule has 1 atom stereocenters. The summed E-state index contributed by atoms with van der Waals surface area (Å²) < 4.78 is 11.1. The Labute approximate surface area is 128 Å². The lowest BCUT2D eigenvalue weighted by Gasteiger charge is -2.30. The lowest BCUT2D eigenvalue weighted by molar-refractivity contribution is -0.143. The zero-order chi connectivity index (χ0) is 15.5. The SMILES string of the molecule is O=C(O)[C@H]1CCCN(C(=O)c2ccc3c(c2)OCCCO3)C1. The molecule has 0 radical (unpaired) electrons. The highest BCUT2D eigenvalue weighted by atomic mass is 16.5. The van der Waals surface area contributed by atoms with E-state index < -0.39 is 11.9 Å². The van der Waals surface area contributed by atoms with Gasteiger partial charge in [0, 0.05) is 25.1 Å². The standard InChI is InChI=1S/C16H19NO5/c18-15(17-6-1-3-12(10-17)16(19)20)11-4-5-13-14(9-11)22-8-2-7-21-13/h4-5,9,12H,1-3,6-8,10H2,(H,19,20)/t12-/m0/s1. The number of nitrogens with zero attached hydrogens (tertiary/aromatic N) is 1. The Morgan fingerprint density at radius 2 is 1.91 bits per heavy atom. The first-order valence-corrected chi connectivity index (χ1v) is 7.57. The number of carboxylic acid groups (broad SMARTS) is 1. The Kier molecular flexibility index (Phi) is 4.18. The van der Waals surface area contributed by atoms with E-state index in [0.717, 1.165) is 6.42 Å². The van der Waals surface area contributed by atoms with Crippen molar-refractivity contribution in [2.45, 2.75) is 19.3 Å². The van der Waals surface area contributed by atoms with Gasteiger partial charge < -0.3 is 19.5 Å². The number of hydrogen-bond acceptors (Lipinski definition) is 4. The molecule has 3 rings (SSSR count). The summed E-state index contributed by atoms with van der Waals surface area (Å²) in [6.07, 6.45) is 2.15. The van der Waals surface area contributed by atoms with Crippen molar-refractivity contribution in [1.29, 1.82) is 0 Å². The summed E-state index contributed by atoms with van der Waals surface area (Å²) in [5, 5.41) is 9.12. The Balaban J connectivity index is 1.77. The van der Waals surface area contributed by atoms with Crippen LogP contribution in [0.2, 0.25) is 0 Å². The zero-order valence-electron chi connectivity index (χ0n) is 12.3. The first-order valence-electron chi connectivity index (χ1n) is 7.57. The summed E-state index contributed by atoms with van der Waals surface area (Å²) in [6.45, 7) is 2.03. The molecular weight excluding hydrogens is 286 g/mol. The molecule has 0 saturated carbocycles. The predicted octanol–water partition coefficient (Wildman–Crippen LogP) is 1.78. The Morgan fingerprint density at radius 3 is 2.68 bits per heavy atom.